The van der Waals surface area contributed by atoms with E-state index in [1.54, 1.807) is 0 Å². The van der Waals surface area contributed by atoms with Gasteiger partial charge in [0, 0.05) is 12.6 Å². The van der Waals surface area contributed by atoms with E-state index in [0.29, 0.717) is 6.10 Å². The number of hydrogen-bond acceptors (Lipinski definition) is 3. The lowest BCUT2D eigenvalue weighted by Gasteiger charge is -2.30. The lowest BCUT2D eigenvalue weighted by Crippen LogP contribution is -2.55. The maximum Gasteiger partial charge on any atom is 0.237 e. The molecule has 20 heavy (non-hydrogen) atoms. The van der Waals surface area contributed by atoms with Crippen molar-refractivity contribution < 1.29 is 9.53 Å². The molecular formula is C16H32N2O2. The van der Waals surface area contributed by atoms with E-state index in [1.165, 1.54) is 38.5 Å². The number of rotatable bonds is 8. The Kier molecular flexibility index (Phi) is 7.52. The summed E-state index contributed by atoms with van der Waals surface area (Å²) in [5, 5.41) is 3.27. The largest absolute Gasteiger partial charge is 0.378 e. The Balaban J connectivity index is 2.28. The third-order valence-corrected chi connectivity index (χ3v) is 4.13. The summed E-state index contributed by atoms with van der Waals surface area (Å²) in [5.74, 6) is -0.277. The van der Waals surface area contributed by atoms with Gasteiger partial charge in [-0.15, -0.1) is 0 Å². The molecule has 1 amide bonds. The minimum Gasteiger partial charge on any atom is -0.378 e. The minimum atomic E-state index is -0.624. The van der Waals surface area contributed by atoms with Gasteiger partial charge in [-0.05, 0) is 46.5 Å². The number of hydrogen-bond donors (Lipinski definition) is 2. The molecule has 0 heterocycles. The number of primary amides is 1. The van der Waals surface area contributed by atoms with E-state index in [1.807, 2.05) is 20.8 Å². The summed E-state index contributed by atoms with van der Waals surface area (Å²) in [4.78, 5) is 11.6. The quantitative estimate of drug-likeness (QED) is 0.532. The Morgan fingerprint density at radius 1 is 1.30 bits per heavy atom. The van der Waals surface area contributed by atoms with Crippen LogP contribution in [0.2, 0.25) is 0 Å². The molecule has 1 fully saturated rings. The van der Waals surface area contributed by atoms with Gasteiger partial charge < -0.3 is 15.8 Å². The van der Waals surface area contributed by atoms with Crippen molar-refractivity contribution in [3.8, 4) is 0 Å². The minimum absolute atomic E-state index is 0.246. The van der Waals surface area contributed by atoms with Crippen molar-refractivity contribution in [2.45, 2.75) is 89.8 Å². The molecule has 1 aliphatic rings. The van der Waals surface area contributed by atoms with E-state index in [-0.39, 0.29) is 11.9 Å². The van der Waals surface area contributed by atoms with Gasteiger partial charge in [0.2, 0.25) is 5.91 Å². The predicted octanol–water partition coefficient (Wildman–Crippen LogP) is 2.75. The molecule has 4 heteroatoms. The second-order valence-corrected chi connectivity index (χ2v) is 6.58. The van der Waals surface area contributed by atoms with Crippen molar-refractivity contribution in [3.05, 3.63) is 0 Å². The maximum absolute atomic E-state index is 11.6. The monoisotopic (exact) mass is 284 g/mol. The van der Waals surface area contributed by atoms with Crippen molar-refractivity contribution in [2.75, 3.05) is 6.61 Å². The van der Waals surface area contributed by atoms with Crippen LogP contribution in [0.5, 0.6) is 0 Å². The zero-order valence-corrected chi connectivity index (χ0v) is 13.4. The van der Waals surface area contributed by atoms with E-state index in [9.17, 15) is 4.79 Å². The fourth-order valence-corrected chi connectivity index (χ4v) is 2.99. The maximum atomic E-state index is 11.6. The van der Waals surface area contributed by atoms with Crippen LogP contribution in [0.4, 0.5) is 0 Å². The number of ether oxygens (including phenoxy) is 1. The molecule has 0 aromatic carbocycles. The molecule has 0 aromatic rings. The Bertz CT molecular complexity index is 286. The lowest BCUT2D eigenvalue weighted by molar-refractivity contribution is -0.124. The Morgan fingerprint density at radius 3 is 2.40 bits per heavy atom. The Labute approximate surface area is 123 Å². The Hall–Kier alpha value is -0.610. The molecule has 0 saturated heterocycles. The standard InChI is InChI=1S/C16H32N2O2/c1-13(2)18-16(3,15(17)19)11-8-12-20-14-9-6-4-5-7-10-14/h13-14,18H,4-12H2,1-3H3,(H2,17,19). The molecule has 3 N–H and O–H groups in total. The number of amides is 1. The van der Waals surface area contributed by atoms with Gasteiger partial charge in [0.25, 0.3) is 0 Å². The molecule has 0 aliphatic heterocycles. The molecule has 1 saturated carbocycles. The van der Waals surface area contributed by atoms with E-state index >= 15 is 0 Å². The average molecular weight is 284 g/mol. The fourth-order valence-electron chi connectivity index (χ4n) is 2.99. The summed E-state index contributed by atoms with van der Waals surface area (Å²) in [7, 11) is 0. The molecule has 118 valence electrons. The molecule has 4 nitrogen and oxygen atoms in total. The van der Waals surface area contributed by atoms with E-state index < -0.39 is 5.54 Å². The number of nitrogens with two attached hydrogens (primary N) is 1. The fraction of sp³-hybridized carbons (Fsp3) is 0.938. The average Bonchev–Trinajstić information content (AvgIpc) is 2.62. The normalized spacial score (nSPS) is 20.6. The molecule has 0 spiro atoms. The Morgan fingerprint density at radius 2 is 1.90 bits per heavy atom. The van der Waals surface area contributed by atoms with Gasteiger partial charge in [0.1, 0.15) is 0 Å². The van der Waals surface area contributed by atoms with Gasteiger partial charge >= 0.3 is 0 Å². The van der Waals surface area contributed by atoms with Crippen LogP contribution in [0.1, 0.15) is 72.1 Å². The second kappa shape index (κ2) is 8.63. The van der Waals surface area contributed by atoms with Crippen LogP contribution in [0.15, 0.2) is 0 Å². The van der Waals surface area contributed by atoms with Gasteiger partial charge in [0.05, 0.1) is 11.6 Å². The van der Waals surface area contributed by atoms with Crippen LogP contribution >= 0.6 is 0 Å². The van der Waals surface area contributed by atoms with Gasteiger partial charge in [-0.2, -0.15) is 0 Å². The summed E-state index contributed by atoms with van der Waals surface area (Å²) in [6.07, 6.45) is 9.68. The first kappa shape index (κ1) is 17.4. The van der Waals surface area contributed by atoms with Gasteiger partial charge in [-0.1, -0.05) is 25.7 Å². The molecule has 1 rings (SSSR count). The van der Waals surface area contributed by atoms with Crippen molar-refractivity contribution >= 4 is 5.91 Å². The van der Waals surface area contributed by atoms with Gasteiger partial charge in [-0.3, -0.25) is 4.79 Å². The summed E-state index contributed by atoms with van der Waals surface area (Å²) in [5.41, 5.74) is 4.90. The highest BCUT2D eigenvalue weighted by Gasteiger charge is 2.30. The first-order valence-electron chi connectivity index (χ1n) is 8.13. The van der Waals surface area contributed by atoms with Crippen molar-refractivity contribution in [2.24, 2.45) is 5.73 Å². The summed E-state index contributed by atoms with van der Waals surface area (Å²) < 4.78 is 5.96. The first-order valence-corrected chi connectivity index (χ1v) is 8.13. The third kappa shape index (κ3) is 6.23. The van der Waals surface area contributed by atoms with Gasteiger partial charge in [0.15, 0.2) is 0 Å². The lowest BCUT2D eigenvalue weighted by atomic mass is 9.94. The van der Waals surface area contributed by atoms with E-state index in [2.05, 4.69) is 5.32 Å². The summed E-state index contributed by atoms with van der Waals surface area (Å²) in [6.45, 7) is 6.68. The highest BCUT2D eigenvalue weighted by Crippen LogP contribution is 2.20. The predicted molar refractivity (Wildman–Crippen MR) is 82.5 cm³/mol. The van der Waals surface area contributed by atoms with Crippen LogP contribution in [0, 0.1) is 0 Å². The van der Waals surface area contributed by atoms with Crippen molar-refractivity contribution in [1.82, 2.24) is 5.32 Å². The van der Waals surface area contributed by atoms with E-state index in [4.69, 9.17) is 10.5 Å². The van der Waals surface area contributed by atoms with E-state index in [0.717, 1.165) is 19.4 Å². The second-order valence-electron chi connectivity index (χ2n) is 6.58. The van der Waals surface area contributed by atoms with Crippen LogP contribution in [-0.4, -0.2) is 30.2 Å². The molecular weight excluding hydrogens is 252 g/mol. The van der Waals surface area contributed by atoms with Crippen LogP contribution < -0.4 is 11.1 Å². The van der Waals surface area contributed by atoms with Crippen LogP contribution in [0.3, 0.4) is 0 Å². The number of nitrogens with one attached hydrogen (secondary N) is 1. The third-order valence-electron chi connectivity index (χ3n) is 4.13. The zero-order chi connectivity index (χ0) is 15.0. The molecule has 1 atom stereocenters. The topological polar surface area (TPSA) is 64.3 Å². The molecule has 0 bridgehead atoms. The SMILES string of the molecule is CC(C)NC(C)(CCCOC1CCCCCC1)C(N)=O. The molecule has 0 radical (unpaired) electrons. The number of carbonyl (C=O) groups excluding carboxylic acids is 1. The molecule has 1 unspecified atom stereocenters. The summed E-state index contributed by atoms with van der Waals surface area (Å²) in [6, 6.07) is 0.246. The number of carbonyl (C=O) groups is 1. The van der Waals surface area contributed by atoms with Crippen LogP contribution in [-0.2, 0) is 9.53 Å². The molecule has 0 aromatic heterocycles. The molecule has 1 aliphatic carbocycles. The smallest absolute Gasteiger partial charge is 0.237 e. The van der Waals surface area contributed by atoms with Gasteiger partial charge in [-0.25, -0.2) is 0 Å². The highest BCUT2D eigenvalue weighted by molar-refractivity contribution is 5.84. The van der Waals surface area contributed by atoms with Crippen molar-refractivity contribution in [3.63, 3.8) is 0 Å². The highest BCUT2D eigenvalue weighted by atomic mass is 16.5. The van der Waals surface area contributed by atoms with Crippen molar-refractivity contribution in [1.29, 1.82) is 0 Å². The zero-order valence-electron chi connectivity index (χ0n) is 13.4. The van der Waals surface area contributed by atoms with Crippen LogP contribution in [0.25, 0.3) is 0 Å². The summed E-state index contributed by atoms with van der Waals surface area (Å²) >= 11 is 0. The first-order chi connectivity index (χ1) is 9.44.